The van der Waals surface area contributed by atoms with Gasteiger partial charge in [-0.05, 0) is 36.7 Å². The molecule has 0 radical (unpaired) electrons. The van der Waals surface area contributed by atoms with Crippen LogP contribution in [0.1, 0.15) is 24.8 Å². The lowest BCUT2D eigenvalue weighted by Crippen LogP contribution is -2.44. The third kappa shape index (κ3) is 2.84. The first-order valence-corrected chi connectivity index (χ1v) is 7.20. The van der Waals surface area contributed by atoms with Crippen LogP contribution in [0.15, 0.2) is 30.3 Å². The number of carbonyl (C=O) groups excluding carboxylic acids is 1. The van der Waals surface area contributed by atoms with E-state index in [1.165, 1.54) is 6.42 Å². The van der Waals surface area contributed by atoms with Crippen molar-refractivity contribution in [3.63, 3.8) is 0 Å². The van der Waals surface area contributed by atoms with E-state index in [-0.39, 0.29) is 11.8 Å². The van der Waals surface area contributed by atoms with Crippen LogP contribution in [0.3, 0.4) is 0 Å². The molecule has 2 aliphatic carbocycles. The Labute approximate surface area is 118 Å². The van der Waals surface area contributed by atoms with Crippen LogP contribution < -0.4 is 5.32 Å². The quantitative estimate of drug-likeness (QED) is 0.860. The summed E-state index contributed by atoms with van der Waals surface area (Å²) in [6.45, 7) is 0. The van der Waals surface area contributed by atoms with Gasteiger partial charge < -0.3 is 10.4 Å². The van der Waals surface area contributed by atoms with Crippen LogP contribution in [-0.4, -0.2) is 23.0 Å². The van der Waals surface area contributed by atoms with Gasteiger partial charge in [0.05, 0.1) is 0 Å². The first-order chi connectivity index (χ1) is 9.63. The number of nitrogens with one attached hydrogen (secondary N) is 1. The minimum atomic E-state index is -0.967. The van der Waals surface area contributed by atoms with Gasteiger partial charge in [-0.25, -0.2) is 4.79 Å². The Kier molecular flexibility index (Phi) is 3.47. The molecule has 1 aromatic carbocycles. The molecule has 4 nitrogen and oxygen atoms in total. The molecule has 3 rings (SSSR count). The summed E-state index contributed by atoms with van der Waals surface area (Å²) in [6.07, 6.45) is 3.47. The van der Waals surface area contributed by atoms with Crippen molar-refractivity contribution in [1.82, 2.24) is 5.32 Å². The molecule has 2 fully saturated rings. The second kappa shape index (κ2) is 5.27. The fourth-order valence-corrected chi connectivity index (χ4v) is 3.27. The summed E-state index contributed by atoms with van der Waals surface area (Å²) in [5, 5.41) is 12.0. The number of rotatable bonds is 5. The topological polar surface area (TPSA) is 66.4 Å². The van der Waals surface area contributed by atoms with E-state index in [0.29, 0.717) is 6.42 Å². The highest BCUT2D eigenvalue weighted by atomic mass is 16.4. The van der Waals surface area contributed by atoms with Gasteiger partial charge in [-0.2, -0.15) is 0 Å². The second-order valence-electron chi connectivity index (χ2n) is 6.01. The number of hydrogen-bond donors (Lipinski definition) is 2. The summed E-state index contributed by atoms with van der Waals surface area (Å²) in [4.78, 5) is 23.5. The molecular weight excluding hydrogens is 254 g/mol. The maximum atomic E-state index is 12.1. The minimum Gasteiger partial charge on any atom is -0.480 e. The van der Waals surface area contributed by atoms with Crippen LogP contribution >= 0.6 is 0 Å². The van der Waals surface area contributed by atoms with E-state index in [2.05, 4.69) is 5.32 Å². The van der Waals surface area contributed by atoms with Crippen molar-refractivity contribution in [2.45, 2.75) is 31.7 Å². The lowest BCUT2D eigenvalue weighted by Gasteiger charge is -2.18. The Morgan fingerprint density at radius 1 is 1.15 bits per heavy atom. The Morgan fingerprint density at radius 3 is 2.40 bits per heavy atom. The molecule has 1 aromatic rings. The fraction of sp³-hybridized carbons (Fsp3) is 0.500. The normalized spacial score (nSPS) is 28.5. The van der Waals surface area contributed by atoms with Crippen LogP contribution in [0.5, 0.6) is 0 Å². The summed E-state index contributed by atoms with van der Waals surface area (Å²) in [5.74, 6) is 0.425. The standard InChI is InChI=1S/C16H19NO3/c18-15(13-8-11-7-12(11)9-13)17-14(16(19)20)6-10-4-2-1-3-5-10/h1-5,11-14H,6-9H2,(H,17,18)(H,19,20)/t11?,12?,13?,14-/m1/s1. The molecule has 2 saturated carbocycles. The number of carboxylic acid groups (broad SMARTS) is 1. The summed E-state index contributed by atoms with van der Waals surface area (Å²) in [6, 6.07) is 8.57. The molecule has 106 valence electrons. The van der Waals surface area contributed by atoms with E-state index in [4.69, 9.17) is 0 Å². The van der Waals surface area contributed by atoms with Crippen molar-refractivity contribution < 1.29 is 14.7 Å². The molecule has 0 bridgehead atoms. The van der Waals surface area contributed by atoms with Crippen molar-refractivity contribution in [2.75, 3.05) is 0 Å². The van der Waals surface area contributed by atoms with Crippen molar-refractivity contribution in [1.29, 1.82) is 0 Å². The van der Waals surface area contributed by atoms with Crippen LogP contribution in [0.2, 0.25) is 0 Å². The molecule has 0 heterocycles. The number of hydrogen-bond acceptors (Lipinski definition) is 2. The molecule has 0 spiro atoms. The maximum absolute atomic E-state index is 12.1. The van der Waals surface area contributed by atoms with Crippen molar-refractivity contribution in [2.24, 2.45) is 17.8 Å². The first kappa shape index (κ1) is 13.2. The number of aliphatic carboxylic acids is 1. The van der Waals surface area contributed by atoms with Crippen molar-refractivity contribution in [3.05, 3.63) is 35.9 Å². The largest absolute Gasteiger partial charge is 0.480 e. The zero-order valence-electron chi connectivity index (χ0n) is 11.3. The second-order valence-corrected chi connectivity index (χ2v) is 6.01. The van der Waals surface area contributed by atoms with Gasteiger partial charge >= 0.3 is 5.97 Å². The van der Waals surface area contributed by atoms with Gasteiger partial charge in [-0.3, -0.25) is 4.79 Å². The Hall–Kier alpha value is -1.84. The van der Waals surface area contributed by atoms with Crippen LogP contribution in [0, 0.1) is 17.8 Å². The van der Waals surface area contributed by atoms with E-state index in [1.54, 1.807) is 0 Å². The van der Waals surface area contributed by atoms with Crippen LogP contribution in [-0.2, 0) is 16.0 Å². The van der Waals surface area contributed by atoms with Crippen molar-refractivity contribution in [3.8, 4) is 0 Å². The number of benzene rings is 1. The lowest BCUT2D eigenvalue weighted by molar-refractivity contribution is -0.142. The maximum Gasteiger partial charge on any atom is 0.326 e. The van der Waals surface area contributed by atoms with Gasteiger partial charge in [0, 0.05) is 12.3 Å². The third-order valence-electron chi connectivity index (χ3n) is 4.51. The van der Waals surface area contributed by atoms with Crippen LogP contribution in [0.25, 0.3) is 0 Å². The molecule has 4 heteroatoms. The molecule has 0 aliphatic heterocycles. The Morgan fingerprint density at radius 2 is 1.80 bits per heavy atom. The molecule has 0 saturated heterocycles. The van der Waals surface area contributed by atoms with E-state index in [9.17, 15) is 14.7 Å². The molecule has 0 aromatic heterocycles. The zero-order valence-corrected chi connectivity index (χ0v) is 11.3. The molecule has 20 heavy (non-hydrogen) atoms. The summed E-state index contributed by atoms with van der Waals surface area (Å²) >= 11 is 0. The molecule has 1 amide bonds. The average Bonchev–Trinajstić information content (AvgIpc) is 3.05. The predicted octanol–water partition coefficient (Wildman–Crippen LogP) is 1.84. The van der Waals surface area contributed by atoms with Gasteiger partial charge in [-0.15, -0.1) is 0 Å². The fourth-order valence-electron chi connectivity index (χ4n) is 3.27. The smallest absolute Gasteiger partial charge is 0.326 e. The molecule has 2 unspecified atom stereocenters. The number of fused-ring (bicyclic) bond motifs is 1. The third-order valence-corrected chi connectivity index (χ3v) is 4.51. The van der Waals surface area contributed by atoms with Gasteiger partial charge in [0.25, 0.3) is 0 Å². The SMILES string of the molecule is O=C(N[C@H](Cc1ccccc1)C(=O)O)C1CC2CC2C1. The summed E-state index contributed by atoms with van der Waals surface area (Å²) in [5.41, 5.74) is 0.925. The van der Waals surface area contributed by atoms with Gasteiger partial charge in [0.15, 0.2) is 0 Å². The minimum absolute atomic E-state index is 0.0244. The van der Waals surface area contributed by atoms with Gasteiger partial charge in [0.2, 0.25) is 5.91 Å². The highest BCUT2D eigenvalue weighted by Gasteiger charge is 2.48. The molecule has 3 atom stereocenters. The van der Waals surface area contributed by atoms with Crippen LogP contribution in [0.4, 0.5) is 0 Å². The summed E-state index contributed by atoms with van der Waals surface area (Å²) < 4.78 is 0. The number of amides is 1. The number of carboxylic acids is 1. The average molecular weight is 273 g/mol. The van der Waals surface area contributed by atoms with Crippen molar-refractivity contribution >= 4 is 11.9 Å². The summed E-state index contributed by atoms with van der Waals surface area (Å²) in [7, 11) is 0. The Balaban J connectivity index is 1.59. The van der Waals surface area contributed by atoms with Gasteiger partial charge in [0.1, 0.15) is 6.04 Å². The van der Waals surface area contributed by atoms with E-state index in [0.717, 1.165) is 30.2 Å². The van der Waals surface area contributed by atoms with E-state index >= 15 is 0 Å². The first-order valence-electron chi connectivity index (χ1n) is 7.20. The predicted molar refractivity (Wildman–Crippen MR) is 74.0 cm³/mol. The Bertz CT molecular complexity index is 504. The molecule has 2 N–H and O–H groups in total. The zero-order chi connectivity index (χ0) is 14.1. The highest BCUT2D eigenvalue weighted by Crippen LogP contribution is 2.54. The van der Waals surface area contributed by atoms with E-state index < -0.39 is 12.0 Å². The van der Waals surface area contributed by atoms with Gasteiger partial charge in [-0.1, -0.05) is 30.3 Å². The number of carbonyl (C=O) groups is 2. The molecule has 2 aliphatic rings. The monoisotopic (exact) mass is 273 g/mol. The van der Waals surface area contributed by atoms with E-state index in [1.807, 2.05) is 30.3 Å². The lowest BCUT2D eigenvalue weighted by atomic mass is 10.0. The molecular formula is C16H19NO3. The highest BCUT2D eigenvalue weighted by molar-refractivity contribution is 5.85.